The first-order valence-electron chi connectivity index (χ1n) is 7.10. The SMILES string of the molecule is COc1nc(OC)nc(N(C)C(=O)NS(=O)(=O)C2(S(C)(=O)=O)C=CSC2)n1. The molecule has 1 aromatic heterocycles. The van der Waals surface area contributed by atoms with Crippen LogP contribution in [0.2, 0.25) is 0 Å². The number of sulfone groups is 1. The van der Waals surface area contributed by atoms with Crippen LogP contribution in [-0.4, -0.2) is 75.2 Å². The Morgan fingerprint density at radius 3 is 2.15 bits per heavy atom. The second-order valence-corrected chi connectivity index (χ2v) is 10.6. The molecule has 0 aromatic carbocycles. The van der Waals surface area contributed by atoms with E-state index in [4.69, 9.17) is 9.47 Å². The van der Waals surface area contributed by atoms with E-state index in [1.807, 2.05) is 0 Å². The summed E-state index contributed by atoms with van der Waals surface area (Å²) in [6.45, 7) is 0. The minimum Gasteiger partial charge on any atom is -0.467 e. The van der Waals surface area contributed by atoms with Crippen LogP contribution in [0.3, 0.4) is 0 Å². The summed E-state index contributed by atoms with van der Waals surface area (Å²) in [6, 6.07) is -1.50. The van der Waals surface area contributed by atoms with Gasteiger partial charge in [-0.25, -0.2) is 26.4 Å². The summed E-state index contributed by atoms with van der Waals surface area (Å²) in [5, 5.41) is 1.36. The van der Waals surface area contributed by atoms with E-state index in [0.717, 1.165) is 29.0 Å². The van der Waals surface area contributed by atoms with Crippen LogP contribution in [0.4, 0.5) is 10.7 Å². The molecule has 1 aliphatic rings. The van der Waals surface area contributed by atoms with Crippen molar-refractivity contribution in [1.82, 2.24) is 19.7 Å². The molecule has 27 heavy (non-hydrogen) atoms. The van der Waals surface area contributed by atoms with Crippen LogP contribution in [-0.2, 0) is 19.9 Å². The molecule has 0 spiro atoms. The average molecular weight is 439 g/mol. The number of carbonyl (C=O) groups is 1. The normalized spacial score (nSPS) is 19.6. The summed E-state index contributed by atoms with van der Waals surface area (Å²) in [5.74, 6) is -0.540. The molecule has 0 aliphatic carbocycles. The van der Waals surface area contributed by atoms with Crippen molar-refractivity contribution in [3.8, 4) is 12.0 Å². The van der Waals surface area contributed by atoms with Gasteiger partial charge in [-0.15, -0.1) is 16.7 Å². The topological polar surface area (TPSA) is 158 Å². The monoisotopic (exact) mass is 439 g/mol. The summed E-state index contributed by atoms with van der Waals surface area (Å²) in [6.07, 6.45) is 1.83. The summed E-state index contributed by atoms with van der Waals surface area (Å²) in [5.41, 5.74) is 0. The van der Waals surface area contributed by atoms with Crippen molar-refractivity contribution in [2.75, 3.05) is 38.2 Å². The van der Waals surface area contributed by atoms with Crippen LogP contribution in [0, 0.1) is 0 Å². The second kappa shape index (κ2) is 7.47. The molecular weight excluding hydrogens is 422 g/mol. The van der Waals surface area contributed by atoms with Gasteiger partial charge in [0.15, 0.2) is 9.84 Å². The molecule has 1 unspecified atom stereocenters. The minimum atomic E-state index is -4.63. The van der Waals surface area contributed by atoms with Crippen LogP contribution >= 0.6 is 11.8 Å². The highest BCUT2D eigenvalue weighted by Crippen LogP contribution is 2.36. The van der Waals surface area contributed by atoms with Gasteiger partial charge in [0.1, 0.15) is 0 Å². The Morgan fingerprint density at radius 1 is 1.19 bits per heavy atom. The highest BCUT2D eigenvalue weighted by Gasteiger charge is 2.53. The van der Waals surface area contributed by atoms with Gasteiger partial charge in [0.25, 0.3) is 10.0 Å². The van der Waals surface area contributed by atoms with E-state index in [-0.39, 0.29) is 23.7 Å². The van der Waals surface area contributed by atoms with E-state index >= 15 is 0 Å². The molecule has 12 nitrogen and oxygen atoms in total. The van der Waals surface area contributed by atoms with Crippen molar-refractivity contribution in [3.63, 3.8) is 0 Å². The second-order valence-electron chi connectivity index (χ2n) is 5.28. The lowest BCUT2D eigenvalue weighted by Gasteiger charge is -2.26. The summed E-state index contributed by atoms with van der Waals surface area (Å²) in [7, 11) is -4.98. The fourth-order valence-electron chi connectivity index (χ4n) is 1.98. The Morgan fingerprint density at radius 2 is 1.74 bits per heavy atom. The maximum Gasteiger partial charge on any atom is 0.337 e. The summed E-state index contributed by atoms with van der Waals surface area (Å²) >= 11 is 1.01. The molecule has 0 radical (unpaired) electrons. The summed E-state index contributed by atoms with van der Waals surface area (Å²) < 4.78 is 58.8. The van der Waals surface area contributed by atoms with E-state index in [9.17, 15) is 21.6 Å². The number of hydrogen-bond donors (Lipinski definition) is 1. The van der Waals surface area contributed by atoms with Crippen molar-refractivity contribution in [2.45, 2.75) is 4.08 Å². The maximum atomic E-state index is 12.7. The summed E-state index contributed by atoms with van der Waals surface area (Å²) in [4.78, 5) is 24.6. The van der Waals surface area contributed by atoms with E-state index in [1.165, 1.54) is 26.7 Å². The number of anilines is 1. The first kappa shape index (κ1) is 21.2. The third kappa shape index (κ3) is 3.93. The number of nitrogens with zero attached hydrogens (tertiary/aromatic N) is 4. The highest BCUT2D eigenvalue weighted by molar-refractivity contribution is 8.13. The number of methoxy groups -OCH3 is 2. The van der Waals surface area contributed by atoms with Gasteiger partial charge in [-0.1, -0.05) is 0 Å². The van der Waals surface area contributed by atoms with Gasteiger partial charge in [-0.3, -0.25) is 4.90 Å². The van der Waals surface area contributed by atoms with Crippen molar-refractivity contribution in [1.29, 1.82) is 0 Å². The predicted octanol–water partition coefficient (Wildman–Crippen LogP) is -0.634. The highest BCUT2D eigenvalue weighted by atomic mass is 32.3. The number of ether oxygens (including phenoxy) is 2. The lowest BCUT2D eigenvalue weighted by molar-refractivity contribution is 0.251. The van der Waals surface area contributed by atoms with Gasteiger partial charge in [0, 0.05) is 19.1 Å². The Balaban J connectivity index is 2.35. The van der Waals surface area contributed by atoms with Crippen molar-refractivity contribution >= 4 is 43.6 Å². The number of urea groups is 1. The fourth-order valence-corrected chi connectivity index (χ4v) is 7.61. The van der Waals surface area contributed by atoms with Crippen LogP contribution in [0.25, 0.3) is 0 Å². The molecule has 0 bridgehead atoms. The number of amides is 2. The zero-order valence-corrected chi connectivity index (χ0v) is 17.2. The number of aromatic nitrogens is 3. The first-order chi connectivity index (χ1) is 12.5. The number of hydrogen-bond acceptors (Lipinski definition) is 11. The molecular formula is C12H17N5O7S3. The molecule has 0 fully saturated rings. The molecule has 1 aliphatic heterocycles. The number of sulfonamides is 1. The lowest BCUT2D eigenvalue weighted by atomic mass is 10.5. The molecule has 150 valence electrons. The first-order valence-corrected chi connectivity index (χ1v) is 11.5. The van der Waals surface area contributed by atoms with E-state index in [0.29, 0.717) is 0 Å². The average Bonchev–Trinajstić information content (AvgIpc) is 3.12. The predicted molar refractivity (Wildman–Crippen MR) is 98.0 cm³/mol. The van der Waals surface area contributed by atoms with Crippen LogP contribution < -0.4 is 19.1 Å². The molecule has 2 amide bonds. The Hall–Kier alpha value is -2.13. The molecule has 2 rings (SSSR count). The molecule has 15 heteroatoms. The van der Waals surface area contributed by atoms with Crippen molar-refractivity contribution in [2.24, 2.45) is 0 Å². The molecule has 0 saturated heterocycles. The van der Waals surface area contributed by atoms with Gasteiger partial charge >= 0.3 is 18.1 Å². The zero-order chi connectivity index (χ0) is 20.5. The van der Waals surface area contributed by atoms with E-state index in [2.05, 4.69) is 15.0 Å². The Kier molecular flexibility index (Phi) is 5.86. The molecule has 1 atom stereocenters. The van der Waals surface area contributed by atoms with E-state index in [1.54, 1.807) is 4.72 Å². The largest absolute Gasteiger partial charge is 0.467 e. The van der Waals surface area contributed by atoms with Gasteiger partial charge in [0.2, 0.25) is 10.0 Å². The van der Waals surface area contributed by atoms with Crippen molar-refractivity contribution in [3.05, 3.63) is 11.5 Å². The number of rotatable bonds is 6. The lowest BCUT2D eigenvalue weighted by Crippen LogP contribution is -2.54. The number of nitrogens with one attached hydrogen (secondary N) is 1. The van der Waals surface area contributed by atoms with Gasteiger partial charge in [-0.05, 0) is 11.5 Å². The van der Waals surface area contributed by atoms with Crippen LogP contribution in [0.5, 0.6) is 12.0 Å². The van der Waals surface area contributed by atoms with E-state index < -0.39 is 30.0 Å². The molecule has 1 aromatic rings. The van der Waals surface area contributed by atoms with Gasteiger partial charge in [0.05, 0.1) is 14.2 Å². The Bertz CT molecular complexity index is 957. The third-order valence-corrected chi connectivity index (χ3v) is 9.61. The standard InChI is InChI=1S/C12H17N5O7S3/c1-17(8-13-9(23-2)15-10(14-8)24-3)11(18)16-27(21,22)12(26(4,19)20)5-6-25-7-12/h5-6H,7H2,1-4H3,(H,16,18). The van der Waals surface area contributed by atoms with Crippen LogP contribution in [0.15, 0.2) is 11.5 Å². The molecule has 0 saturated carbocycles. The van der Waals surface area contributed by atoms with Crippen molar-refractivity contribution < 1.29 is 31.1 Å². The smallest absolute Gasteiger partial charge is 0.337 e. The van der Waals surface area contributed by atoms with Gasteiger partial charge < -0.3 is 9.47 Å². The molecule has 1 N–H and O–H groups in total. The number of carbonyl (C=O) groups excluding carboxylic acids is 1. The maximum absolute atomic E-state index is 12.7. The van der Waals surface area contributed by atoms with Crippen LogP contribution in [0.1, 0.15) is 0 Å². The fraction of sp³-hybridized carbons (Fsp3) is 0.500. The zero-order valence-electron chi connectivity index (χ0n) is 14.7. The molecule has 2 heterocycles. The number of thioether (sulfide) groups is 1. The minimum absolute atomic E-state index is 0.165. The Labute approximate surface area is 160 Å². The third-order valence-electron chi connectivity index (χ3n) is 3.56. The quantitative estimate of drug-likeness (QED) is 0.601. The van der Waals surface area contributed by atoms with Gasteiger partial charge in [-0.2, -0.15) is 9.97 Å².